The molecular weight excluding hydrogens is 500 g/mol. The van der Waals surface area contributed by atoms with Crippen molar-refractivity contribution in [3.05, 3.63) is 88.1 Å². The summed E-state index contributed by atoms with van der Waals surface area (Å²) in [7, 11) is 1.89. The number of hydrogen-bond donors (Lipinski definition) is 1. The van der Waals surface area contributed by atoms with Crippen LogP contribution in [-0.4, -0.2) is 44.1 Å². The molecule has 0 bridgehead atoms. The second-order valence-electron chi connectivity index (χ2n) is 10.4. The van der Waals surface area contributed by atoms with Gasteiger partial charge in [-0.05, 0) is 65.8 Å². The van der Waals surface area contributed by atoms with Crippen LogP contribution in [0.4, 0.5) is 5.69 Å². The van der Waals surface area contributed by atoms with Crippen molar-refractivity contribution in [3.8, 4) is 11.1 Å². The van der Waals surface area contributed by atoms with Gasteiger partial charge < -0.3 is 15.2 Å². The molecule has 0 spiro atoms. The van der Waals surface area contributed by atoms with Gasteiger partial charge in [0.1, 0.15) is 5.84 Å². The summed E-state index contributed by atoms with van der Waals surface area (Å²) in [4.78, 5) is 33.0. The Morgan fingerprint density at radius 2 is 1.75 bits per heavy atom. The van der Waals surface area contributed by atoms with Crippen LogP contribution < -0.4 is 11.3 Å². The van der Waals surface area contributed by atoms with Crippen LogP contribution >= 0.6 is 0 Å². The normalized spacial score (nSPS) is 13.0. The third kappa shape index (κ3) is 5.76. The first-order chi connectivity index (χ1) is 19.4. The zero-order valence-corrected chi connectivity index (χ0v) is 23.4. The van der Waals surface area contributed by atoms with E-state index in [-0.39, 0.29) is 11.5 Å². The molecule has 5 rings (SSSR count). The molecule has 2 aromatic heterocycles. The molecule has 2 aromatic carbocycles. The van der Waals surface area contributed by atoms with Crippen LogP contribution in [0.2, 0.25) is 0 Å². The van der Waals surface area contributed by atoms with Crippen LogP contribution in [0.15, 0.2) is 76.3 Å². The van der Waals surface area contributed by atoms with Crippen LogP contribution in [0.1, 0.15) is 44.4 Å². The van der Waals surface area contributed by atoms with Gasteiger partial charge in [0.2, 0.25) is 5.91 Å². The van der Waals surface area contributed by atoms with Gasteiger partial charge in [-0.1, -0.05) is 32.0 Å². The molecule has 0 aliphatic carbocycles. The minimum absolute atomic E-state index is 0.0122. The van der Waals surface area contributed by atoms with Crippen LogP contribution in [0, 0.1) is 0 Å². The minimum Gasteiger partial charge on any atom is -0.387 e. The lowest BCUT2D eigenvalue weighted by molar-refractivity contribution is -0.127. The molecule has 0 fully saturated rings. The summed E-state index contributed by atoms with van der Waals surface area (Å²) in [6.45, 7) is 6.19. The van der Waals surface area contributed by atoms with Crippen LogP contribution in [-0.2, 0) is 24.8 Å². The van der Waals surface area contributed by atoms with E-state index in [9.17, 15) is 9.59 Å². The number of aryl methyl sites for hydroxylation is 3. The number of aliphatic imine (C=N–C) groups is 1. The van der Waals surface area contributed by atoms with Crippen molar-refractivity contribution in [2.45, 2.75) is 46.1 Å². The van der Waals surface area contributed by atoms with Crippen LogP contribution in [0.25, 0.3) is 28.0 Å². The molecule has 3 heterocycles. The molecule has 4 aromatic rings. The third-order valence-electron chi connectivity index (χ3n) is 7.23. The third-order valence-corrected chi connectivity index (χ3v) is 7.23. The number of aromatic nitrogens is 3. The van der Waals surface area contributed by atoms with Crippen molar-refractivity contribution >= 4 is 34.3 Å². The Labute approximate surface area is 234 Å². The van der Waals surface area contributed by atoms with E-state index in [0.717, 1.165) is 59.4 Å². The monoisotopic (exact) mass is 536 g/mol. The van der Waals surface area contributed by atoms with E-state index in [0.29, 0.717) is 36.2 Å². The fourth-order valence-electron chi connectivity index (χ4n) is 5.24. The molecular formula is C32H36N6O2. The first kappa shape index (κ1) is 27.1. The van der Waals surface area contributed by atoms with Gasteiger partial charge in [-0.25, -0.2) is 4.99 Å². The molecule has 8 nitrogen and oxygen atoms in total. The topological polar surface area (TPSA) is 98.5 Å². The summed E-state index contributed by atoms with van der Waals surface area (Å²) in [5.41, 5.74) is 11.5. The van der Waals surface area contributed by atoms with E-state index < -0.39 is 0 Å². The number of rotatable bonds is 9. The molecule has 1 aliphatic heterocycles. The van der Waals surface area contributed by atoms with Gasteiger partial charge in [-0.3, -0.25) is 14.3 Å². The maximum atomic E-state index is 13.3. The van der Waals surface area contributed by atoms with Gasteiger partial charge in [0, 0.05) is 68.4 Å². The maximum absolute atomic E-state index is 13.3. The molecule has 0 saturated heterocycles. The Morgan fingerprint density at radius 3 is 2.48 bits per heavy atom. The molecule has 0 unspecified atom stereocenters. The lowest BCUT2D eigenvalue weighted by Crippen LogP contribution is -2.34. The Kier molecular flexibility index (Phi) is 7.96. The molecule has 40 heavy (non-hydrogen) atoms. The van der Waals surface area contributed by atoms with E-state index in [4.69, 9.17) is 5.73 Å². The van der Waals surface area contributed by atoms with E-state index in [1.165, 1.54) is 0 Å². The highest BCUT2D eigenvalue weighted by Crippen LogP contribution is 2.33. The van der Waals surface area contributed by atoms with Gasteiger partial charge in [-0.2, -0.15) is 5.10 Å². The zero-order chi connectivity index (χ0) is 28.2. The van der Waals surface area contributed by atoms with E-state index in [1.807, 2.05) is 78.9 Å². The van der Waals surface area contributed by atoms with Crippen LogP contribution in [0.3, 0.4) is 0 Å². The number of carbonyl (C=O) groups excluding carboxylic acids is 1. The summed E-state index contributed by atoms with van der Waals surface area (Å²) in [5.74, 6) is 0.451. The van der Waals surface area contributed by atoms with Crippen LogP contribution in [0.5, 0.6) is 0 Å². The van der Waals surface area contributed by atoms with E-state index in [1.54, 1.807) is 9.25 Å². The maximum Gasteiger partial charge on any atom is 0.258 e. The molecule has 1 aliphatic rings. The number of carbonyl (C=O) groups is 1. The average Bonchev–Trinajstić information content (AvgIpc) is 3.28. The average molecular weight is 537 g/mol. The molecule has 8 heteroatoms. The predicted molar refractivity (Wildman–Crippen MR) is 162 cm³/mol. The first-order valence-corrected chi connectivity index (χ1v) is 13.9. The number of benzene rings is 2. The Morgan fingerprint density at radius 1 is 1.00 bits per heavy atom. The van der Waals surface area contributed by atoms with Gasteiger partial charge in [0.25, 0.3) is 5.56 Å². The fraction of sp³-hybridized carbons (Fsp3) is 0.312. The van der Waals surface area contributed by atoms with Crippen molar-refractivity contribution in [1.29, 1.82) is 0 Å². The van der Waals surface area contributed by atoms with E-state index in [2.05, 4.69) is 23.9 Å². The SMILES string of the molecule is CCCN(CCC)C(=O)C1=Cc2ccc(-c3ccc4c(=O)n(CCc5ccn(C)n5)ccc4c3)cc2N=C(N)C1. The number of amidine groups is 1. The molecule has 0 radical (unpaired) electrons. The molecule has 206 valence electrons. The van der Waals surface area contributed by atoms with Gasteiger partial charge in [-0.15, -0.1) is 0 Å². The molecule has 0 atom stereocenters. The summed E-state index contributed by atoms with van der Waals surface area (Å²) < 4.78 is 3.51. The van der Waals surface area contributed by atoms with Crippen molar-refractivity contribution in [2.24, 2.45) is 17.8 Å². The van der Waals surface area contributed by atoms with Gasteiger partial charge in [0.15, 0.2) is 0 Å². The summed E-state index contributed by atoms with van der Waals surface area (Å²) in [6, 6.07) is 15.9. The Balaban J connectivity index is 1.42. The van der Waals surface area contributed by atoms with E-state index >= 15 is 0 Å². The van der Waals surface area contributed by atoms with Crippen molar-refractivity contribution < 1.29 is 4.79 Å². The summed E-state index contributed by atoms with van der Waals surface area (Å²) >= 11 is 0. The predicted octanol–water partition coefficient (Wildman–Crippen LogP) is 5.07. The number of pyridine rings is 1. The standard InChI is InChI=1S/C32H36N6O2/c1-4-13-37(14-5-2)31(39)26-19-25-7-6-23(20-29(25)34-30(33)21-26)22-8-9-28-24(18-22)10-16-38(32(28)40)17-12-27-11-15-36(3)35-27/h6-11,15-16,18-20H,4-5,12-14,17,21H2,1-3H3,(H2,33,34). The lowest BCUT2D eigenvalue weighted by Gasteiger charge is -2.22. The molecule has 2 N–H and O–H groups in total. The van der Waals surface area contributed by atoms with Crippen molar-refractivity contribution in [2.75, 3.05) is 13.1 Å². The Hall–Kier alpha value is -4.46. The van der Waals surface area contributed by atoms with Gasteiger partial charge >= 0.3 is 0 Å². The lowest BCUT2D eigenvalue weighted by atomic mass is 9.99. The zero-order valence-electron chi connectivity index (χ0n) is 23.4. The second kappa shape index (κ2) is 11.7. The Bertz CT molecular complexity index is 1670. The summed E-state index contributed by atoms with van der Waals surface area (Å²) in [6.07, 6.45) is 8.53. The number of hydrogen-bond acceptors (Lipinski definition) is 5. The fourth-order valence-corrected chi connectivity index (χ4v) is 5.24. The minimum atomic E-state index is -0.0122. The quantitative estimate of drug-likeness (QED) is 0.323. The molecule has 1 amide bonds. The second-order valence-corrected chi connectivity index (χ2v) is 10.4. The highest BCUT2D eigenvalue weighted by atomic mass is 16.2. The van der Waals surface area contributed by atoms with Crippen molar-refractivity contribution in [3.63, 3.8) is 0 Å². The summed E-state index contributed by atoms with van der Waals surface area (Å²) in [5, 5.41) is 5.96. The largest absolute Gasteiger partial charge is 0.387 e. The number of amides is 1. The highest BCUT2D eigenvalue weighted by Gasteiger charge is 2.21. The first-order valence-electron chi connectivity index (χ1n) is 13.9. The highest BCUT2D eigenvalue weighted by molar-refractivity contribution is 6.05. The number of fused-ring (bicyclic) bond motifs is 2. The number of nitrogens with zero attached hydrogens (tertiary/aromatic N) is 5. The van der Waals surface area contributed by atoms with Crippen molar-refractivity contribution in [1.82, 2.24) is 19.2 Å². The smallest absolute Gasteiger partial charge is 0.258 e. The number of nitrogens with two attached hydrogens (primary N) is 1. The van der Waals surface area contributed by atoms with Gasteiger partial charge in [0.05, 0.1) is 11.4 Å². The molecule has 0 saturated carbocycles.